The van der Waals surface area contributed by atoms with Gasteiger partial charge in [0.05, 0.1) is 31.3 Å². The smallest absolute Gasteiger partial charge is 0.393 e. The third-order valence-corrected chi connectivity index (χ3v) is 12.2. The standard InChI is InChI=1S/C46H86NO12P/c1-3-5-7-9-11-13-15-16-17-18-19-20-21-22-24-25-27-29-31-33-37(48)35-40(50)47-38(39(49)34-32-30-28-26-23-14-12-10-8-6-4-2)36-58-60(56,57)59-46-44(54)42(52)41(51)43(53)45(46)55/h8,10,23,26,32,34,37-39,41-46,48-49,51-55H,3-7,9,11-22,24-25,27-31,33,35-36H2,1-2H3,(H,47,50)(H,56,57)/b10-8+,26-23+,34-32+. The van der Waals surface area contributed by atoms with Crippen molar-refractivity contribution in [1.29, 1.82) is 0 Å². The number of hydrogen-bond donors (Lipinski definition) is 9. The lowest BCUT2D eigenvalue weighted by atomic mass is 9.85. The van der Waals surface area contributed by atoms with Crippen LogP contribution in [0.15, 0.2) is 36.5 Å². The normalized spacial score (nSPS) is 23.7. The minimum absolute atomic E-state index is 0.254. The van der Waals surface area contributed by atoms with Crippen LogP contribution >= 0.6 is 7.82 Å². The molecule has 0 saturated heterocycles. The Morgan fingerprint density at radius 2 is 0.983 bits per heavy atom. The minimum atomic E-state index is -5.15. The fourth-order valence-electron chi connectivity index (χ4n) is 7.34. The van der Waals surface area contributed by atoms with Gasteiger partial charge >= 0.3 is 7.82 Å². The Hall–Kier alpha value is -1.48. The van der Waals surface area contributed by atoms with Crippen LogP contribution in [0.2, 0.25) is 0 Å². The molecule has 0 aliphatic heterocycles. The molecule has 1 saturated carbocycles. The van der Waals surface area contributed by atoms with Crippen molar-refractivity contribution >= 4 is 13.7 Å². The lowest BCUT2D eigenvalue weighted by Crippen LogP contribution is -2.64. The van der Waals surface area contributed by atoms with Gasteiger partial charge in [0.15, 0.2) is 0 Å². The maximum atomic E-state index is 13.0. The van der Waals surface area contributed by atoms with Crippen molar-refractivity contribution in [2.75, 3.05) is 6.61 Å². The van der Waals surface area contributed by atoms with E-state index in [4.69, 9.17) is 9.05 Å². The molecule has 14 heteroatoms. The van der Waals surface area contributed by atoms with E-state index < -0.39 is 75.2 Å². The Morgan fingerprint density at radius 3 is 1.43 bits per heavy atom. The molecule has 8 atom stereocenters. The number of aliphatic hydroxyl groups excluding tert-OH is 7. The van der Waals surface area contributed by atoms with Crippen molar-refractivity contribution in [3.63, 3.8) is 0 Å². The van der Waals surface area contributed by atoms with Crippen LogP contribution in [0.3, 0.4) is 0 Å². The summed E-state index contributed by atoms with van der Waals surface area (Å²) in [6.45, 7) is 3.64. The SMILES string of the molecule is CCC/C=C/CC/C=C/CC/C=C/C(O)C(COP(=O)(O)OC1C(O)C(O)C(O)C(O)C1O)NC(=O)CC(O)CCCCCCCCCCCCCCCCCCCCC. The monoisotopic (exact) mass is 876 g/mol. The highest BCUT2D eigenvalue weighted by molar-refractivity contribution is 7.47. The van der Waals surface area contributed by atoms with E-state index in [-0.39, 0.29) is 6.42 Å². The first kappa shape index (κ1) is 56.5. The summed E-state index contributed by atoms with van der Waals surface area (Å²) in [7, 11) is -5.15. The number of allylic oxidation sites excluding steroid dienone is 5. The van der Waals surface area contributed by atoms with Crippen molar-refractivity contribution in [2.45, 2.75) is 242 Å². The highest BCUT2D eigenvalue weighted by atomic mass is 31.2. The third-order valence-electron chi connectivity index (χ3n) is 11.2. The number of amides is 1. The fourth-order valence-corrected chi connectivity index (χ4v) is 8.31. The molecule has 0 aromatic heterocycles. The van der Waals surface area contributed by atoms with Crippen LogP contribution in [0.4, 0.5) is 0 Å². The lowest BCUT2D eigenvalue weighted by molar-refractivity contribution is -0.220. The summed E-state index contributed by atoms with van der Waals surface area (Å²) in [5, 5.41) is 74.3. The van der Waals surface area contributed by atoms with E-state index >= 15 is 0 Å². The van der Waals surface area contributed by atoms with Crippen LogP contribution in [0.1, 0.15) is 187 Å². The average Bonchev–Trinajstić information content (AvgIpc) is 3.22. The molecule has 352 valence electrons. The predicted octanol–water partition coefficient (Wildman–Crippen LogP) is 7.75. The van der Waals surface area contributed by atoms with Gasteiger partial charge in [-0.3, -0.25) is 13.8 Å². The maximum absolute atomic E-state index is 13.0. The van der Waals surface area contributed by atoms with Gasteiger partial charge in [-0.1, -0.05) is 179 Å². The summed E-state index contributed by atoms with van der Waals surface area (Å²) in [6, 6.07) is -1.26. The van der Waals surface area contributed by atoms with E-state index in [1.807, 2.05) is 6.08 Å². The molecule has 1 fully saturated rings. The van der Waals surface area contributed by atoms with E-state index in [1.54, 1.807) is 6.08 Å². The van der Waals surface area contributed by atoms with E-state index in [0.29, 0.717) is 19.3 Å². The summed E-state index contributed by atoms with van der Waals surface area (Å²) in [5.74, 6) is -0.607. The van der Waals surface area contributed by atoms with E-state index in [1.165, 1.54) is 102 Å². The van der Waals surface area contributed by atoms with Gasteiger partial charge in [0.2, 0.25) is 5.91 Å². The molecule has 8 unspecified atom stereocenters. The van der Waals surface area contributed by atoms with Gasteiger partial charge < -0.3 is 46.0 Å². The van der Waals surface area contributed by atoms with Crippen LogP contribution in [-0.4, -0.2) is 108 Å². The lowest BCUT2D eigenvalue weighted by Gasteiger charge is -2.41. The first-order chi connectivity index (χ1) is 28.8. The number of carbonyl (C=O) groups excluding carboxylic acids is 1. The van der Waals surface area contributed by atoms with E-state index in [9.17, 15) is 50.0 Å². The highest BCUT2D eigenvalue weighted by Gasteiger charge is 2.51. The molecule has 60 heavy (non-hydrogen) atoms. The molecule has 0 bridgehead atoms. The number of carbonyl (C=O) groups is 1. The van der Waals surface area contributed by atoms with Crippen LogP contribution in [0, 0.1) is 0 Å². The largest absolute Gasteiger partial charge is 0.472 e. The molecule has 0 heterocycles. The quantitative estimate of drug-likeness (QED) is 0.0165. The zero-order chi connectivity index (χ0) is 44.4. The average molecular weight is 876 g/mol. The second kappa shape index (κ2) is 35.9. The molecular weight excluding hydrogens is 789 g/mol. The van der Waals surface area contributed by atoms with Crippen LogP contribution in [-0.2, 0) is 18.4 Å². The summed E-state index contributed by atoms with van der Waals surface area (Å²) < 4.78 is 22.8. The number of nitrogens with one attached hydrogen (secondary N) is 1. The van der Waals surface area contributed by atoms with Crippen molar-refractivity contribution in [2.24, 2.45) is 0 Å². The van der Waals surface area contributed by atoms with Crippen LogP contribution in [0.5, 0.6) is 0 Å². The Labute approximate surface area is 362 Å². The van der Waals surface area contributed by atoms with Gasteiger partial charge in [-0.15, -0.1) is 0 Å². The Bertz CT molecular complexity index is 1170. The molecule has 9 N–H and O–H groups in total. The molecule has 0 aromatic carbocycles. The Morgan fingerprint density at radius 1 is 0.583 bits per heavy atom. The molecule has 13 nitrogen and oxygen atoms in total. The van der Waals surface area contributed by atoms with Crippen molar-refractivity contribution in [3.8, 4) is 0 Å². The second-order valence-electron chi connectivity index (χ2n) is 16.8. The first-order valence-corrected chi connectivity index (χ1v) is 25.0. The molecule has 0 radical (unpaired) electrons. The highest BCUT2D eigenvalue weighted by Crippen LogP contribution is 2.47. The molecular formula is C46H86NO12P. The second-order valence-corrected chi connectivity index (χ2v) is 18.2. The number of aliphatic hydroxyl groups is 7. The minimum Gasteiger partial charge on any atom is -0.393 e. The predicted molar refractivity (Wildman–Crippen MR) is 238 cm³/mol. The van der Waals surface area contributed by atoms with E-state index in [2.05, 4.69) is 37.4 Å². The zero-order valence-electron chi connectivity index (χ0n) is 37.1. The topological polar surface area (TPSA) is 226 Å². The Balaban J connectivity index is 2.48. The molecule has 1 amide bonds. The third kappa shape index (κ3) is 27.6. The molecule has 1 rings (SSSR count). The number of rotatable bonds is 38. The van der Waals surface area contributed by atoms with Gasteiger partial charge in [-0.2, -0.15) is 0 Å². The van der Waals surface area contributed by atoms with Crippen molar-refractivity contribution in [3.05, 3.63) is 36.5 Å². The number of hydrogen-bond acceptors (Lipinski definition) is 11. The van der Waals surface area contributed by atoms with E-state index in [0.717, 1.165) is 51.4 Å². The number of phosphoric ester groups is 1. The summed E-state index contributed by atoms with van der Waals surface area (Å²) in [5.41, 5.74) is 0. The molecule has 0 spiro atoms. The maximum Gasteiger partial charge on any atom is 0.472 e. The van der Waals surface area contributed by atoms with Crippen molar-refractivity contribution < 1.29 is 59.0 Å². The van der Waals surface area contributed by atoms with Crippen LogP contribution < -0.4 is 5.32 Å². The van der Waals surface area contributed by atoms with Crippen LogP contribution in [0.25, 0.3) is 0 Å². The zero-order valence-corrected chi connectivity index (χ0v) is 38.0. The summed E-state index contributed by atoms with van der Waals surface area (Å²) >= 11 is 0. The van der Waals surface area contributed by atoms with Gasteiger partial charge in [-0.25, -0.2) is 4.57 Å². The van der Waals surface area contributed by atoms with Gasteiger partial charge in [-0.05, 0) is 38.5 Å². The first-order valence-electron chi connectivity index (χ1n) is 23.5. The summed E-state index contributed by atoms with van der Waals surface area (Å²) in [4.78, 5) is 23.4. The fraction of sp³-hybridized carbons (Fsp3) is 0.848. The van der Waals surface area contributed by atoms with Gasteiger partial charge in [0.1, 0.15) is 36.6 Å². The Kier molecular flexibility index (Phi) is 33.8. The molecule has 1 aliphatic rings. The number of phosphoric acid groups is 1. The van der Waals surface area contributed by atoms with Gasteiger partial charge in [0, 0.05) is 0 Å². The molecule has 0 aromatic rings. The molecule has 1 aliphatic carbocycles. The van der Waals surface area contributed by atoms with Crippen molar-refractivity contribution in [1.82, 2.24) is 5.32 Å². The van der Waals surface area contributed by atoms with Gasteiger partial charge in [0.25, 0.3) is 0 Å². The summed E-state index contributed by atoms with van der Waals surface area (Å²) in [6.07, 6.45) is 26.8. The number of unbranched alkanes of at least 4 members (excludes halogenated alkanes) is 21.